The van der Waals surface area contributed by atoms with E-state index in [9.17, 15) is 10.2 Å². The molecule has 94 valence electrons. The molecule has 2 unspecified atom stereocenters. The molecule has 1 aliphatic rings. The molecule has 0 saturated carbocycles. The van der Waals surface area contributed by atoms with Gasteiger partial charge in [-0.25, -0.2) is 0 Å². The van der Waals surface area contributed by atoms with Crippen molar-refractivity contribution in [1.29, 1.82) is 0 Å². The molecule has 2 heteroatoms. The minimum atomic E-state index is 0.339. The molecule has 0 saturated heterocycles. The van der Waals surface area contributed by atoms with E-state index in [-0.39, 0.29) is 0 Å². The van der Waals surface area contributed by atoms with E-state index in [1.165, 1.54) is 0 Å². The molecule has 2 rings (SSSR count). The smallest absolute Gasteiger partial charge is 0.122 e. The fraction of sp³-hybridized carbons (Fsp3) is 0.600. The van der Waals surface area contributed by atoms with Crippen LogP contribution in [0.15, 0.2) is 6.07 Å². The first-order valence-electron chi connectivity index (χ1n) is 6.48. The Labute approximate surface area is 103 Å². The number of phenols is 2. The lowest BCUT2D eigenvalue weighted by molar-refractivity contribution is 0.367. The zero-order chi connectivity index (χ0) is 12.7. The monoisotopic (exact) mass is 234 g/mol. The van der Waals surface area contributed by atoms with Gasteiger partial charge in [0.1, 0.15) is 11.5 Å². The molecule has 1 aromatic rings. The minimum Gasteiger partial charge on any atom is -0.508 e. The number of aryl methyl sites for hydroxylation is 1. The Morgan fingerprint density at radius 2 is 1.82 bits per heavy atom. The molecule has 0 aliphatic heterocycles. The van der Waals surface area contributed by atoms with Gasteiger partial charge in [-0.2, -0.15) is 0 Å². The highest BCUT2D eigenvalue weighted by Crippen LogP contribution is 2.50. The fourth-order valence-corrected chi connectivity index (χ4v) is 3.11. The highest BCUT2D eigenvalue weighted by atomic mass is 16.3. The summed E-state index contributed by atoms with van der Waals surface area (Å²) in [5.41, 5.74) is 2.75. The van der Waals surface area contributed by atoms with Crippen molar-refractivity contribution in [3.8, 4) is 11.5 Å². The van der Waals surface area contributed by atoms with Gasteiger partial charge in [0.05, 0.1) is 0 Å². The number of hydrogen-bond acceptors (Lipinski definition) is 2. The predicted molar refractivity (Wildman–Crippen MR) is 69.7 cm³/mol. The topological polar surface area (TPSA) is 40.5 Å². The third-order valence-electron chi connectivity index (χ3n) is 4.13. The number of fused-ring (bicyclic) bond motifs is 1. The van der Waals surface area contributed by atoms with E-state index in [1.54, 1.807) is 6.07 Å². The van der Waals surface area contributed by atoms with Crippen molar-refractivity contribution in [3.63, 3.8) is 0 Å². The van der Waals surface area contributed by atoms with Gasteiger partial charge >= 0.3 is 0 Å². The first kappa shape index (κ1) is 12.3. The summed E-state index contributed by atoms with van der Waals surface area (Å²) in [6, 6.07) is 1.69. The van der Waals surface area contributed by atoms with E-state index in [0.29, 0.717) is 29.3 Å². The molecule has 0 spiro atoms. The summed E-state index contributed by atoms with van der Waals surface area (Å²) >= 11 is 0. The van der Waals surface area contributed by atoms with Gasteiger partial charge in [0.25, 0.3) is 0 Å². The number of phenolic OH excluding ortho intramolecular Hbond substituents is 2. The van der Waals surface area contributed by atoms with Crippen molar-refractivity contribution in [2.75, 3.05) is 0 Å². The van der Waals surface area contributed by atoms with Crippen LogP contribution in [-0.2, 0) is 0 Å². The molecule has 0 bridgehead atoms. The molecule has 0 heterocycles. The van der Waals surface area contributed by atoms with E-state index in [0.717, 1.165) is 29.5 Å². The summed E-state index contributed by atoms with van der Waals surface area (Å²) in [4.78, 5) is 0. The van der Waals surface area contributed by atoms with Gasteiger partial charge in [-0.05, 0) is 49.1 Å². The zero-order valence-electron chi connectivity index (χ0n) is 11.1. The van der Waals surface area contributed by atoms with Crippen molar-refractivity contribution in [1.82, 2.24) is 0 Å². The Hall–Kier alpha value is -1.18. The molecule has 2 N–H and O–H groups in total. The lowest BCUT2D eigenvalue weighted by atomic mass is 9.72. The van der Waals surface area contributed by atoms with Crippen LogP contribution in [0.25, 0.3) is 0 Å². The van der Waals surface area contributed by atoms with Crippen LogP contribution in [-0.4, -0.2) is 10.2 Å². The Balaban J connectivity index is 2.67. The van der Waals surface area contributed by atoms with Crippen molar-refractivity contribution < 1.29 is 10.2 Å². The van der Waals surface area contributed by atoms with Crippen LogP contribution in [0, 0.1) is 12.8 Å². The summed E-state index contributed by atoms with van der Waals surface area (Å²) in [6.07, 6.45) is 2.19. The summed E-state index contributed by atoms with van der Waals surface area (Å²) in [6.45, 7) is 8.35. The largest absolute Gasteiger partial charge is 0.508 e. The van der Waals surface area contributed by atoms with Crippen LogP contribution in [0.3, 0.4) is 0 Å². The van der Waals surface area contributed by atoms with Crippen molar-refractivity contribution in [2.45, 2.75) is 52.4 Å². The lowest BCUT2D eigenvalue weighted by Gasteiger charge is -2.33. The number of aromatic hydroxyl groups is 2. The predicted octanol–water partition coefficient (Wildman–Crippen LogP) is 4.04. The highest BCUT2D eigenvalue weighted by molar-refractivity contribution is 5.56. The Bertz CT molecular complexity index is 435. The molecule has 0 radical (unpaired) electrons. The van der Waals surface area contributed by atoms with Crippen LogP contribution < -0.4 is 0 Å². The first-order valence-corrected chi connectivity index (χ1v) is 6.48. The quantitative estimate of drug-likeness (QED) is 0.720. The van der Waals surface area contributed by atoms with Crippen molar-refractivity contribution in [2.24, 2.45) is 5.92 Å². The summed E-state index contributed by atoms with van der Waals surface area (Å²) in [7, 11) is 0. The normalized spacial score (nSPS) is 23.8. The Kier molecular flexibility index (Phi) is 3.07. The van der Waals surface area contributed by atoms with Gasteiger partial charge in [-0.1, -0.05) is 20.8 Å². The minimum absolute atomic E-state index is 0.339. The molecular weight excluding hydrogens is 212 g/mol. The second-order valence-electron chi connectivity index (χ2n) is 5.72. The fourth-order valence-electron chi connectivity index (χ4n) is 3.11. The average molecular weight is 234 g/mol. The van der Waals surface area contributed by atoms with E-state index >= 15 is 0 Å². The molecule has 1 aliphatic carbocycles. The van der Waals surface area contributed by atoms with Crippen LogP contribution in [0.2, 0.25) is 0 Å². The van der Waals surface area contributed by atoms with Crippen LogP contribution in [0.4, 0.5) is 0 Å². The third kappa shape index (κ3) is 1.90. The number of rotatable bonds is 1. The van der Waals surface area contributed by atoms with Crippen molar-refractivity contribution >= 4 is 0 Å². The molecule has 1 aromatic carbocycles. The van der Waals surface area contributed by atoms with E-state index in [2.05, 4.69) is 20.8 Å². The molecule has 2 atom stereocenters. The molecule has 0 fully saturated rings. The summed E-state index contributed by atoms with van der Waals surface area (Å²) in [5.74, 6) is 1.95. The SMILES string of the molecule is Cc1cc(O)c2c(c1O)C(C(C)C)CCC2C. The summed E-state index contributed by atoms with van der Waals surface area (Å²) in [5, 5.41) is 20.4. The van der Waals surface area contributed by atoms with Gasteiger partial charge in [0, 0.05) is 11.1 Å². The molecule has 17 heavy (non-hydrogen) atoms. The van der Waals surface area contributed by atoms with Gasteiger partial charge in [0.15, 0.2) is 0 Å². The van der Waals surface area contributed by atoms with Gasteiger partial charge in [-0.15, -0.1) is 0 Å². The Morgan fingerprint density at radius 3 is 2.41 bits per heavy atom. The number of benzene rings is 1. The maximum atomic E-state index is 10.3. The average Bonchev–Trinajstić information content (AvgIpc) is 2.25. The third-order valence-corrected chi connectivity index (χ3v) is 4.13. The highest BCUT2D eigenvalue weighted by Gasteiger charge is 2.32. The van der Waals surface area contributed by atoms with Gasteiger partial charge in [0.2, 0.25) is 0 Å². The Morgan fingerprint density at radius 1 is 1.18 bits per heavy atom. The summed E-state index contributed by atoms with van der Waals surface area (Å²) < 4.78 is 0. The molecule has 2 nitrogen and oxygen atoms in total. The van der Waals surface area contributed by atoms with E-state index in [4.69, 9.17) is 0 Å². The van der Waals surface area contributed by atoms with Crippen LogP contribution in [0.1, 0.15) is 62.1 Å². The second kappa shape index (κ2) is 4.25. The van der Waals surface area contributed by atoms with E-state index in [1.807, 2.05) is 6.92 Å². The molecular formula is C15H22O2. The van der Waals surface area contributed by atoms with E-state index < -0.39 is 0 Å². The van der Waals surface area contributed by atoms with Crippen molar-refractivity contribution in [3.05, 3.63) is 22.8 Å². The lowest BCUT2D eigenvalue weighted by Crippen LogP contribution is -2.17. The first-order chi connectivity index (χ1) is 7.93. The molecule has 0 amide bonds. The van der Waals surface area contributed by atoms with Gasteiger partial charge in [-0.3, -0.25) is 0 Å². The number of hydrogen-bond donors (Lipinski definition) is 2. The molecule has 0 aromatic heterocycles. The van der Waals surface area contributed by atoms with Gasteiger partial charge < -0.3 is 10.2 Å². The maximum absolute atomic E-state index is 10.3. The van der Waals surface area contributed by atoms with Crippen LogP contribution >= 0.6 is 0 Å². The standard InChI is InChI=1S/C15H22O2/c1-8(2)11-6-5-9(3)13-12(16)7-10(4)15(17)14(11)13/h7-9,11,16-17H,5-6H2,1-4H3. The van der Waals surface area contributed by atoms with Crippen LogP contribution in [0.5, 0.6) is 11.5 Å². The second-order valence-corrected chi connectivity index (χ2v) is 5.72. The maximum Gasteiger partial charge on any atom is 0.122 e. The zero-order valence-corrected chi connectivity index (χ0v) is 11.1.